The molecular formula is C27H35N9O9S2. The van der Waals surface area contributed by atoms with Gasteiger partial charge in [0.25, 0.3) is 11.1 Å². The summed E-state index contributed by atoms with van der Waals surface area (Å²) < 4.78 is 10.4. The summed E-state index contributed by atoms with van der Waals surface area (Å²) in [6, 6.07) is 1.37. The summed E-state index contributed by atoms with van der Waals surface area (Å²) in [5.74, 6) is 0.154. The lowest BCUT2D eigenvalue weighted by molar-refractivity contribution is -0.114. The molecule has 0 aliphatic carbocycles. The van der Waals surface area contributed by atoms with Gasteiger partial charge in [-0.3, -0.25) is 28.1 Å². The summed E-state index contributed by atoms with van der Waals surface area (Å²) in [6.07, 6.45) is -1.83. The third kappa shape index (κ3) is 7.26. The molecule has 0 saturated carbocycles. The molecule has 20 heteroatoms. The number of carbonyl (C=O) groups is 1. The van der Waals surface area contributed by atoms with Crippen molar-refractivity contribution in [1.29, 1.82) is 0 Å². The van der Waals surface area contributed by atoms with Crippen LogP contribution in [0.2, 0.25) is 0 Å². The molecule has 3 aromatic heterocycles. The highest BCUT2D eigenvalue weighted by atomic mass is 32.9. The van der Waals surface area contributed by atoms with Crippen molar-refractivity contribution in [3.05, 3.63) is 65.6 Å². The second-order valence-electron chi connectivity index (χ2n) is 11.0. The van der Waals surface area contributed by atoms with Crippen molar-refractivity contribution in [1.82, 2.24) is 33.2 Å². The maximum absolute atomic E-state index is 11.9. The number of carbonyl (C=O) groups excluding carboxylic acids is 1. The third-order valence-corrected chi connectivity index (χ3v) is 9.11. The molecule has 6 rings (SSSR count). The van der Waals surface area contributed by atoms with Gasteiger partial charge < -0.3 is 40.7 Å². The van der Waals surface area contributed by atoms with Crippen molar-refractivity contribution < 1.29 is 24.9 Å². The van der Waals surface area contributed by atoms with Gasteiger partial charge in [-0.2, -0.15) is 4.98 Å². The number of aromatic amines is 1. The average Bonchev–Trinajstić information content (AvgIpc) is 3.80. The Balaban J connectivity index is 0.000000160. The fourth-order valence-corrected chi connectivity index (χ4v) is 7.01. The molecule has 1 fully saturated rings. The van der Waals surface area contributed by atoms with Gasteiger partial charge in [-0.25, -0.2) is 14.6 Å². The van der Waals surface area contributed by atoms with Gasteiger partial charge in [-0.05, 0) is 12.0 Å². The van der Waals surface area contributed by atoms with E-state index in [4.69, 9.17) is 15.6 Å². The van der Waals surface area contributed by atoms with Crippen LogP contribution in [0.1, 0.15) is 27.0 Å². The van der Waals surface area contributed by atoms with Gasteiger partial charge in [0.15, 0.2) is 11.9 Å². The molecule has 6 heterocycles. The van der Waals surface area contributed by atoms with Crippen molar-refractivity contribution in [2.24, 2.45) is 20.0 Å². The van der Waals surface area contributed by atoms with E-state index in [-0.39, 0.29) is 28.5 Å². The number of ether oxygens (including phenoxy) is 1. The van der Waals surface area contributed by atoms with Crippen molar-refractivity contribution >= 4 is 49.3 Å². The standard InChI is InChI=1S/C10H14N4O2.C9H13N3O5.C8H8N2O2S2/c1-6(2)4-14-8-7(11-5-12-8)9(15)13(3)10(14)16;10-5-1-2-12(9(16)11-5)8-7(15)6(14)4(3-13)17-8;1-4(11)9-6-7-5(3-13-14-7)10(2)8(6)12/h5-6H,4H2,1-3H3,(H,11,12);1-2,4,6-8,13-15H,3H2,(H2,10,11,16);3H,1-2H3,(H,9,11)/t;4-,6-,7+,8-;/m.1./s1. The van der Waals surface area contributed by atoms with Gasteiger partial charge in [-0.15, -0.1) is 0 Å². The minimum absolute atomic E-state index is 0.0537. The van der Waals surface area contributed by atoms with Crippen molar-refractivity contribution in [2.45, 2.75) is 51.9 Å². The van der Waals surface area contributed by atoms with Gasteiger partial charge in [-0.1, -0.05) is 34.5 Å². The maximum atomic E-state index is 11.9. The molecule has 0 radical (unpaired) electrons. The lowest BCUT2D eigenvalue weighted by Gasteiger charge is -2.16. The number of aliphatic hydroxyl groups excluding tert-OH is 3. The van der Waals surface area contributed by atoms with E-state index in [1.54, 1.807) is 22.0 Å². The number of hydrogen-bond acceptors (Lipinski definition) is 14. The minimum atomic E-state index is -1.31. The van der Waals surface area contributed by atoms with E-state index in [9.17, 15) is 34.2 Å². The predicted molar refractivity (Wildman–Crippen MR) is 175 cm³/mol. The number of amides is 1. The molecule has 0 unspecified atom stereocenters. The van der Waals surface area contributed by atoms with Gasteiger partial charge in [0.1, 0.15) is 35.3 Å². The second kappa shape index (κ2) is 14.5. The molecule has 18 nitrogen and oxygen atoms in total. The first-order valence-electron chi connectivity index (χ1n) is 14.1. The van der Waals surface area contributed by atoms with Crippen molar-refractivity contribution in [3.8, 4) is 10.6 Å². The summed E-state index contributed by atoms with van der Waals surface area (Å²) in [4.78, 5) is 68.8. The molecule has 0 bridgehead atoms. The van der Waals surface area contributed by atoms with Gasteiger partial charge in [0, 0.05) is 39.1 Å². The van der Waals surface area contributed by atoms with E-state index < -0.39 is 36.8 Å². The SMILES string of the molecule is CC(=O)Nc1c2sscc-2n(C)c1=O.CC(C)Cn1c(=O)n(C)c(=O)c2[nH]cnc21.Nc1ccn([C@@H]2O[C@H](CO)[C@@H](O)[C@@H]2O)c(=O)n1. The summed E-state index contributed by atoms with van der Waals surface area (Å²) in [5.41, 5.74) is 5.93. The zero-order valence-corrected chi connectivity index (χ0v) is 27.6. The number of nitrogens with one attached hydrogen (secondary N) is 2. The summed E-state index contributed by atoms with van der Waals surface area (Å²) >= 11 is 0. The maximum Gasteiger partial charge on any atom is 0.351 e. The number of nitrogens with zero attached hydrogens (tertiary/aromatic N) is 6. The fourth-order valence-electron chi connectivity index (χ4n) is 4.71. The predicted octanol–water partition coefficient (Wildman–Crippen LogP) is -0.912. The first-order chi connectivity index (χ1) is 22.2. The van der Waals surface area contributed by atoms with Crippen LogP contribution in [0, 0.1) is 5.92 Å². The van der Waals surface area contributed by atoms with E-state index in [1.165, 1.54) is 47.5 Å². The van der Waals surface area contributed by atoms with Crippen molar-refractivity contribution in [2.75, 3.05) is 17.7 Å². The Kier molecular flexibility index (Phi) is 10.9. The Morgan fingerprint density at radius 1 is 1.15 bits per heavy atom. The molecule has 7 N–H and O–H groups in total. The van der Waals surface area contributed by atoms with E-state index in [0.29, 0.717) is 29.3 Å². The van der Waals surface area contributed by atoms with Crippen LogP contribution in [-0.4, -0.2) is 79.4 Å². The quantitative estimate of drug-likeness (QED) is 0.122. The zero-order chi connectivity index (χ0) is 34.7. The van der Waals surface area contributed by atoms with Crippen LogP contribution in [0.4, 0.5) is 11.5 Å². The lowest BCUT2D eigenvalue weighted by atomic mass is 10.1. The molecule has 254 valence electrons. The molecule has 3 aliphatic heterocycles. The number of aliphatic hydroxyl groups is 3. The highest BCUT2D eigenvalue weighted by Gasteiger charge is 2.43. The van der Waals surface area contributed by atoms with Crippen molar-refractivity contribution in [3.63, 3.8) is 0 Å². The number of fused-ring (bicyclic) bond motifs is 2. The van der Waals surface area contributed by atoms with Crippen LogP contribution in [0.25, 0.3) is 21.7 Å². The first kappa shape index (κ1) is 35.4. The molecule has 0 aromatic carbocycles. The third-order valence-electron chi connectivity index (χ3n) is 7.03. The number of anilines is 2. The number of nitrogen functional groups attached to an aromatic ring is 1. The van der Waals surface area contributed by atoms with E-state index >= 15 is 0 Å². The second-order valence-corrected chi connectivity index (χ2v) is 13.0. The first-order valence-corrected chi connectivity index (χ1v) is 16.3. The zero-order valence-electron chi connectivity index (χ0n) is 26.0. The molecule has 1 saturated heterocycles. The number of aromatic nitrogens is 7. The van der Waals surface area contributed by atoms with Gasteiger partial charge in [0.05, 0.1) is 23.5 Å². The Morgan fingerprint density at radius 2 is 1.85 bits per heavy atom. The van der Waals surface area contributed by atoms with E-state index in [1.807, 2.05) is 19.2 Å². The fraction of sp³-hybridized carbons (Fsp3) is 0.444. The van der Waals surface area contributed by atoms with Crippen LogP contribution in [0.3, 0.4) is 0 Å². The summed E-state index contributed by atoms with van der Waals surface area (Å²) in [7, 11) is 6.23. The highest BCUT2D eigenvalue weighted by molar-refractivity contribution is 7.70. The largest absolute Gasteiger partial charge is 0.394 e. The van der Waals surface area contributed by atoms with Crippen LogP contribution >= 0.6 is 20.7 Å². The molecule has 0 spiro atoms. The average molecular weight is 694 g/mol. The Morgan fingerprint density at radius 3 is 2.45 bits per heavy atom. The monoisotopic (exact) mass is 693 g/mol. The number of imidazole rings is 1. The molecule has 3 aliphatic rings. The molecule has 3 aromatic rings. The smallest absolute Gasteiger partial charge is 0.351 e. The van der Waals surface area contributed by atoms with E-state index in [0.717, 1.165) is 19.7 Å². The lowest BCUT2D eigenvalue weighted by Crippen LogP contribution is -2.38. The normalized spacial score (nSPS) is 19.0. The number of rotatable bonds is 5. The molecular weight excluding hydrogens is 658 g/mol. The molecule has 47 heavy (non-hydrogen) atoms. The number of nitrogens with two attached hydrogens (primary N) is 1. The Labute approximate surface area is 272 Å². The minimum Gasteiger partial charge on any atom is -0.394 e. The number of H-pyrrole nitrogens is 1. The Bertz CT molecular complexity index is 2070. The molecule has 1 amide bonds. The summed E-state index contributed by atoms with van der Waals surface area (Å²) in [5, 5.41) is 32.6. The van der Waals surface area contributed by atoms with Crippen LogP contribution in [0.15, 0.2) is 43.1 Å². The Hall–Kier alpha value is -4.47. The number of hydrogen-bond donors (Lipinski definition) is 6. The van der Waals surface area contributed by atoms with Crippen LogP contribution in [0.5, 0.6) is 0 Å². The highest BCUT2D eigenvalue weighted by Crippen LogP contribution is 2.36. The summed E-state index contributed by atoms with van der Waals surface area (Å²) in [6.45, 7) is 5.52. The van der Waals surface area contributed by atoms with Gasteiger partial charge in [0.2, 0.25) is 5.91 Å². The van der Waals surface area contributed by atoms with Gasteiger partial charge >= 0.3 is 11.4 Å². The van der Waals surface area contributed by atoms with Crippen LogP contribution < -0.4 is 33.5 Å². The topological polar surface area (TPSA) is 255 Å². The van der Waals surface area contributed by atoms with Crippen LogP contribution in [-0.2, 0) is 30.2 Å². The molecule has 4 atom stereocenters. The van der Waals surface area contributed by atoms with E-state index in [2.05, 4.69) is 20.3 Å².